The van der Waals surface area contributed by atoms with Crippen LogP contribution in [0.5, 0.6) is 5.75 Å². The molecular formula is C14H18ClNO4. The second kappa shape index (κ2) is 7.75. The Hall–Kier alpha value is -1.75. The van der Waals surface area contributed by atoms with Gasteiger partial charge in [0.15, 0.2) is 6.10 Å². The first-order valence-corrected chi connectivity index (χ1v) is 6.70. The number of halogens is 1. The largest absolute Gasteiger partial charge is 0.481 e. The maximum atomic E-state index is 11.7. The van der Waals surface area contributed by atoms with E-state index < -0.39 is 12.1 Å². The van der Waals surface area contributed by atoms with E-state index in [0.29, 0.717) is 23.7 Å². The quantitative estimate of drug-likeness (QED) is 0.758. The van der Waals surface area contributed by atoms with Gasteiger partial charge < -0.3 is 15.2 Å². The molecule has 0 fully saturated rings. The lowest BCUT2D eigenvalue weighted by Crippen LogP contribution is -2.36. The predicted octanol–water partition coefficient (Wildman–Crippen LogP) is 2.40. The number of nitrogens with one attached hydrogen (secondary N) is 1. The number of rotatable bonds is 7. The van der Waals surface area contributed by atoms with Crippen molar-refractivity contribution in [2.45, 2.75) is 32.8 Å². The van der Waals surface area contributed by atoms with Gasteiger partial charge in [-0.3, -0.25) is 9.59 Å². The minimum absolute atomic E-state index is 0.0336. The fraction of sp³-hybridized carbons (Fsp3) is 0.429. The Labute approximate surface area is 122 Å². The second-order valence-corrected chi connectivity index (χ2v) is 4.87. The van der Waals surface area contributed by atoms with Crippen LogP contribution in [-0.2, 0) is 9.59 Å². The van der Waals surface area contributed by atoms with Gasteiger partial charge in [0.1, 0.15) is 5.75 Å². The molecule has 0 saturated carbocycles. The van der Waals surface area contributed by atoms with Crippen molar-refractivity contribution in [3.05, 3.63) is 28.8 Å². The third-order valence-electron chi connectivity index (χ3n) is 2.68. The molecule has 0 radical (unpaired) electrons. The third kappa shape index (κ3) is 5.48. The average molecular weight is 300 g/mol. The number of carboxylic acid groups (broad SMARTS) is 1. The standard InChI is InChI=1S/C14H18ClNO4/c1-9-8-11(5-6-12(9)15)20-10(2)14(19)16-7-3-4-13(17)18/h5-6,8,10H,3-4,7H2,1-2H3,(H,16,19)(H,17,18). The van der Waals surface area contributed by atoms with Crippen molar-refractivity contribution in [3.63, 3.8) is 0 Å². The Morgan fingerprint density at radius 1 is 1.45 bits per heavy atom. The number of benzene rings is 1. The molecule has 1 aromatic rings. The molecule has 6 heteroatoms. The molecule has 0 aliphatic heterocycles. The summed E-state index contributed by atoms with van der Waals surface area (Å²) in [6.45, 7) is 3.81. The van der Waals surface area contributed by atoms with Crippen LogP contribution in [-0.4, -0.2) is 29.6 Å². The first-order chi connectivity index (χ1) is 9.40. The topological polar surface area (TPSA) is 75.6 Å². The van der Waals surface area contributed by atoms with Crippen molar-refractivity contribution in [1.29, 1.82) is 0 Å². The van der Waals surface area contributed by atoms with E-state index in [-0.39, 0.29) is 12.3 Å². The Bertz CT molecular complexity index is 490. The monoisotopic (exact) mass is 299 g/mol. The fourth-order valence-electron chi connectivity index (χ4n) is 1.54. The highest BCUT2D eigenvalue weighted by atomic mass is 35.5. The highest BCUT2D eigenvalue weighted by Crippen LogP contribution is 2.21. The summed E-state index contributed by atoms with van der Waals surface area (Å²) in [6.07, 6.45) is -0.222. The first kappa shape index (κ1) is 16.3. The van der Waals surface area contributed by atoms with Gasteiger partial charge in [-0.1, -0.05) is 11.6 Å². The highest BCUT2D eigenvalue weighted by molar-refractivity contribution is 6.31. The van der Waals surface area contributed by atoms with Crippen LogP contribution in [0.15, 0.2) is 18.2 Å². The van der Waals surface area contributed by atoms with Crippen LogP contribution in [0.2, 0.25) is 5.02 Å². The van der Waals surface area contributed by atoms with Gasteiger partial charge in [-0.15, -0.1) is 0 Å². The van der Waals surface area contributed by atoms with E-state index in [2.05, 4.69) is 5.32 Å². The van der Waals surface area contributed by atoms with Gasteiger partial charge >= 0.3 is 5.97 Å². The summed E-state index contributed by atoms with van der Waals surface area (Å²) >= 11 is 5.91. The third-order valence-corrected chi connectivity index (χ3v) is 3.10. The molecule has 20 heavy (non-hydrogen) atoms. The Morgan fingerprint density at radius 3 is 2.75 bits per heavy atom. The number of aliphatic carboxylic acids is 1. The molecule has 1 amide bonds. The van der Waals surface area contributed by atoms with Gasteiger partial charge in [0.05, 0.1) is 0 Å². The predicted molar refractivity (Wildman–Crippen MR) is 76.2 cm³/mol. The number of ether oxygens (including phenoxy) is 1. The van der Waals surface area contributed by atoms with E-state index in [9.17, 15) is 9.59 Å². The molecule has 1 unspecified atom stereocenters. The minimum atomic E-state index is -0.875. The molecule has 1 atom stereocenters. The van der Waals surface area contributed by atoms with E-state index in [1.165, 1.54) is 0 Å². The van der Waals surface area contributed by atoms with Crippen molar-refractivity contribution >= 4 is 23.5 Å². The van der Waals surface area contributed by atoms with Crippen molar-refractivity contribution < 1.29 is 19.4 Å². The lowest BCUT2D eigenvalue weighted by molar-refractivity contribution is -0.137. The summed E-state index contributed by atoms with van der Waals surface area (Å²) in [7, 11) is 0. The number of carbonyl (C=O) groups excluding carboxylic acids is 1. The lowest BCUT2D eigenvalue weighted by atomic mass is 10.2. The molecule has 0 spiro atoms. The van der Waals surface area contributed by atoms with Gasteiger partial charge in [0, 0.05) is 18.0 Å². The number of aryl methyl sites for hydroxylation is 1. The van der Waals surface area contributed by atoms with Gasteiger partial charge in [-0.25, -0.2) is 0 Å². The van der Waals surface area contributed by atoms with Gasteiger partial charge in [0.2, 0.25) is 0 Å². The van der Waals surface area contributed by atoms with Gasteiger partial charge in [-0.2, -0.15) is 0 Å². The highest BCUT2D eigenvalue weighted by Gasteiger charge is 2.14. The molecular weight excluding hydrogens is 282 g/mol. The normalized spacial score (nSPS) is 11.8. The smallest absolute Gasteiger partial charge is 0.303 e. The molecule has 110 valence electrons. The van der Waals surface area contributed by atoms with E-state index in [1.54, 1.807) is 25.1 Å². The van der Waals surface area contributed by atoms with Crippen molar-refractivity contribution in [2.75, 3.05) is 6.54 Å². The molecule has 2 N–H and O–H groups in total. The zero-order chi connectivity index (χ0) is 15.1. The number of amides is 1. The Balaban J connectivity index is 2.41. The second-order valence-electron chi connectivity index (χ2n) is 4.46. The van der Waals surface area contributed by atoms with Crippen LogP contribution in [0.25, 0.3) is 0 Å². The van der Waals surface area contributed by atoms with Crippen molar-refractivity contribution in [2.24, 2.45) is 0 Å². The molecule has 0 aliphatic carbocycles. The average Bonchev–Trinajstić information content (AvgIpc) is 2.38. The molecule has 0 aromatic heterocycles. The Morgan fingerprint density at radius 2 is 2.15 bits per heavy atom. The zero-order valence-electron chi connectivity index (χ0n) is 11.5. The summed E-state index contributed by atoms with van der Waals surface area (Å²) in [5, 5.41) is 11.8. The van der Waals surface area contributed by atoms with Crippen LogP contribution in [0.3, 0.4) is 0 Å². The summed E-state index contributed by atoms with van der Waals surface area (Å²) in [6, 6.07) is 5.17. The molecule has 0 bridgehead atoms. The Kier molecular flexibility index (Phi) is 6.31. The SMILES string of the molecule is Cc1cc(OC(C)C(=O)NCCCC(=O)O)ccc1Cl. The van der Waals surface area contributed by atoms with Gasteiger partial charge in [0.25, 0.3) is 5.91 Å². The molecule has 5 nitrogen and oxygen atoms in total. The number of hydrogen-bond donors (Lipinski definition) is 2. The maximum Gasteiger partial charge on any atom is 0.303 e. The maximum absolute atomic E-state index is 11.7. The molecule has 0 heterocycles. The summed E-state index contributed by atoms with van der Waals surface area (Å²) in [5.74, 6) is -0.580. The molecule has 1 aromatic carbocycles. The summed E-state index contributed by atoms with van der Waals surface area (Å²) in [4.78, 5) is 22.1. The number of hydrogen-bond acceptors (Lipinski definition) is 3. The van der Waals surface area contributed by atoms with Crippen molar-refractivity contribution in [1.82, 2.24) is 5.32 Å². The molecule has 0 aliphatic rings. The van der Waals surface area contributed by atoms with Crippen LogP contribution in [0.1, 0.15) is 25.3 Å². The van der Waals surface area contributed by atoms with Crippen LogP contribution in [0, 0.1) is 6.92 Å². The fourth-order valence-corrected chi connectivity index (χ4v) is 1.66. The van der Waals surface area contributed by atoms with E-state index in [1.807, 2.05) is 6.92 Å². The first-order valence-electron chi connectivity index (χ1n) is 6.32. The lowest BCUT2D eigenvalue weighted by Gasteiger charge is -2.15. The minimum Gasteiger partial charge on any atom is -0.481 e. The summed E-state index contributed by atoms with van der Waals surface area (Å²) < 4.78 is 5.50. The van der Waals surface area contributed by atoms with Crippen LogP contribution < -0.4 is 10.1 Å². The number of carbonyl (C=O) groups is 2. The van der Waals surface area contributed by atoms with Crippen LogP contribution in [0.4, 0.5) is 0 Å². The van der Waals surface area contributed by atoms with E-state index >= 15 is 0 Å². The number of carboxylic acids is 1. The molecule has 1 rings (SSSR count). The van der Waals surface area contributed by atoms with E-state index in [4.69, 9.17) is 21.4 Å². The summed E-state index contributed by atoms with van der Waals surface area (Å²) in [5.41, 5.74) is 0.873. The van der Waals surface area contributed by atoms with Crippen molar-refractivity contribution in [3.8, 4) is 5.75 Å². The zero-order valence-corrected chi connectivity index (χ0v) is 12.2. The molecule has 0 saturated heterocycles. The van der Waals surface area contributed by atoms with Gasteiger partial charge in [-0.05, 0) is 44.0 Å². The van der Waals surface area contributed by atoms with Crippen LogP contribution >= 0.6 is 11.6 Å². The van der Waals surface area contributed by atoms with E-state index in [0.717, 1.165) is 5.56 Å².